The topological polar surface area (TPSA) is 72.2 Å². The van der Waals surface area contributed by atoms with Crippen LogP contribution in [0.3, 0.4) is 0 Å². The Balaban J connectivity index is 2.45. The van der Waals surface area contributed by atoms with Gasteiger partial charge in [0, 0.05) is 10.2 Å². The van der Waals surface area contributed by atoms with E-state index in [9.17, 15) is 8.42 Å². The number of anilines is 2. The molecule has 0 heterocycles. The Hall–Kier alpha value is -1.53. The molecule has 6 heteroatoms. The molecule has 0 saturated carbocycles. The molecule has 0 amide bonds. The van der Waals surface area contributed by atoms with E-state index < -0.39 is 10.0 Å². The Morgan fingerprint density at radius 2 is 1.90 bits per heavy atom. The fraction of sp³-hybridized carbons (Fsp3) is 0.200. The molecule has 0 atom stereocenters. The number of sulfonamides is 1. The number of aryl methyl sites for hydroxylation is 2. The lowest BCUT2D eigenvalue weighted by molar-refractivity contribution is 0.600. The minimum atomic E-state index is -3.66. The van der Waals surface area contributed by atoms with Crippen molar-refractivity contribution in [1.29, 1.82) is 0 Å². The molecule has 0 aromatic heterocycles. The number of hydrogen-bond acceptors (Lipinski definition) is 3. The Morgan fingerprint density at radius 1 is 1.19 bits per heavy atom. The summed E-state index contributed by atoms with van der Waals surface area (Å²) in [5, 5.41) is 0. The lowest BCUT2D eigenvalue weighted by Gasteiger charge is -2.14. The van der Waals surface area contributed by atoms with Crippen LogP contribution in [-0.4, -0.2) is 8.42 Å². The Labute approximate surface area is 133 Å². The molecule has 0 aliphatic heterocycles. The highest BCUT2D eigenvalue weighted by Gasteiger charge is 2.19. The van der Waals surface area contributed by atoms with E-state index in [4.69, 9.17) is 5.73 Å². The summed E-state index contributed by atoms with van der Waals surface area (Å²) in [6, 6.07) is 10.3. The number of halogens is 1. The van der Waals surface area contributed by atoms with Crippen LogP contribution in [0.5, 0.6) is 0 Å². The second-order valence-electron chi connectivity index (χ2n) is 4.79. The third-order valence-corrected chi connectivity index (χ3v) is 5.14. The van der Waals surface area contributed by atoms with Crippen LogP contribution >= 0.6 is 15.9 Å². The van der Waals surface area contributed by atoms with Gasteiger partial charge in [0.2, 0.25) is 0 Å². The molecule has 0 radical (unpaired) electrons. The van der Waals surface area contributed by atoms with Gasteiger partial charge in [0.05, 0.1) is 10.6 Å². The summed E-state index contributed by atoms with van der Waals surface area (Å²) in [6.07, 6.45) is 0.621. The SMILES string of the molecule is CCc1ccc(N)cc1S(=O)(=O)Nc1ccc(Br)cc1C. The van der Waals surface area contributed by atoms with Crippen molar-refractivity contribution in [3.63, 3.8) is 0 Å². The molecule has 0 fully saturated rings. The first-order chi connectivity index (χ1) is 9.83. The van der Waals surface area contributed by atoms with E-state index in [1.165, 1.54) is 6.07 Å². The number of benzene rings is 2. The van der Waals surface area contributed by atoms with Crippen LogP contribution in [0.1, 0.15) is 18.1 Å². The first kappa shape index (κ1) is 15.9. The van der Waals surface area contributed by atoms with Gasteiger partial charge in [0.25, 0.3) is 10.0 Å². The molecule has 112 valence electrons. The van der Waals surface area contributed by atoms with Gasteiger partial charge >= 0.3 is 0 Å². The molecule has 0 saturated heterocycles. The highest BCUT2D eigenvalue weighted by Crippen LogP contribution is 2.26. The molecule has 0 unspecified atom stereocenters. The Bertz CT molecular complexity index is 773. The van der Waals surface area contributed by atoms with Gasteiger partial charge in [-0.2, -0.15) is 0 Å². The predicted molar refractivity (Wildman–Crippen MR) is 89.9 cm³/mol. The normalized spacial score (nSPS) is 11.4. The minimum absolute atomic E-state index is 0.229. The maximum Gasteiger partial charge on any atom is 0.262 e. The molecule has 0 aliphatic carbocycles. The van der Waals surface area contributed by atoms with Crippen molar-refractivity contribution < 1.29 is 8.42 Å². The first-order valence-corrected chi connectivity index (χ1v) is 8.78. The van der Waals surface area contributed by atoms with Crippen molar-refractivity contribution in [2.75, 3.05) is 10.5 Å². The van der Waals surface area contributed by atoms with Crippen LogP contribution < -0.4 is 10.5 Å². The van der Waals surface area contributed by atoms with Crippen molar-refractivity contribution in [1.82, 2.24) is 0 Å². The second kappa shape index (κ2) is 6.07. The molecule has 2 aromatic carbocycles. The number of hydrogen-bond donors (Lipinski definition) is 2. The zero-order valence-electron chi connectivity index (χ0n) is 11.9. The molecular formula is C15H17BrN2O2S. The fourth-order valence-electron chi connectivity index (χ4n) is 2.05. The molecular weight excluding hydrogens is 352 g/mol. The molecule has 3 N–H and O–H groups in total. The summed E-state index contributed by atoms with van der Waals surface area (Å²) in [5.74, 6) is 0. The van der Waals surface area contributed by atoms with Crippen LogP contribution in [0.25, 0.3) is 0 Å². The van der Waals surface area contributed by atoms with Crippen molar-refractivity contribution >= 4 is 37.3 Å². The summed E-state index contributed by atoms with van der Waals surface area (Å²) in [5.41, 5.74) is 8.30. The summed E-state index contributed by atoms with van der Waals surface area (Å²) < 4.78 is 28.7. The molecule has 0 spiro atoms. The molecule has 4 nitrogen and oxygen atoms in total. The largest absolute Gasteiger partial charge is 0.399 e. The van der Waals surface area contributed by atoms with Crippen molar-refractivity contribution in [3.05, 3.63) is 52.0 Å². The van der Waals surface area contributed by atoms with Crippen molar-refractivity contribution in [2.45, 2.75) is 25.2 Å². The van der Waals surface area contributed by atoms with Crippen LogP contribution in [-0.2, 0) is 16.4 Å². The third-order valence-electron chi connectivity index (χ3n) is 3.19. The first-order valence-electron chi connectivity index (χ1n) is 6.51. The molecule has 21 heavy (non-hydrogen) atoms. The van der Waals surface area contributed by atoms with Crippen LogP contribution in [0.4, 0.5) is 11.4 Å². The summed E-state index contributed by atoms with van der Waals surface area (Å²) in [4.78, 5) is 0.229. The van der Waals surface area contributed by atoms with Gasteiger partial charge in [-0.05, 0) is 54.8 Å². The maximum atomic E-state index is 12.6. The van der Waals surface area contributed by atoms with Crippen LogP contribution in [0.15, 0.2) is 45.8 Å². The summed E-state index contributed by atoms with van der Waals surface area (Å²) in [6.45, 7) is 3.76. The van der Waals surface area contributed by atoms with Gasteiger partial charge in [-0.3, -0.25) is 4.72 Å². The average molecular weight is 369 g/mol. The van der Waals surface area contributed by atoms with Crippen LogP contribution in [0.2, 0.25) is 0 Å². The van der Waals surface area contributed by atoms with E-state index in [-0.39, 0.29) is 4.90 Å². The number of rotatable bonds is 4. The summed E-state index contributed by atoms with van der Waals surface area (Å²) in [7, 11) is -3.66. The minimum Gasteiger partial charge on any atom is -0.399 e. The fourth-order valence-corrected chi connectivity index (χ4v) is 4.01. The van der Waals surface area contributed by atoms with E-state index in [0.717, 1.165) is 15.6 Å². The van der Waals surface area contributed by atoms with E-state index in [1.54, 1.807) is 24.3 Å². The Morgan fingerprint density at radius 3 is 2.52 bits per heavy atom. The Kier molecular flexibility index (Phi) is 4.58. The zero-order chi connectivity index (χ0) is 15.6. The van der Waals surface area contributed by atoms with Gasteiger partial charge in [0.15, 0.2) is 0 Å². The third kappa shape index (κ3) is 3.57. The van der Waals surface area contributed by atoms with E-state index in [1.807, 2.05) is 19.9 Å². The van der Waals surface area contributed by atoms with Gasteiger partial charge in [-0.15, -0.1) is 0 Å². The molecule has 2 rings (SSSR count). The highest BCUT2D eigenvalue weighted by molar-refractivity contribution is 9.10. The standard InChI is InChI=1S/C15H17BrN2O2S/c1-3-11-4-6-13(17)9-15(11)21(19,20)18-14-7-5-12(16)8-10(14)2/h4-9,18H,3,17H2,1-2H3. The number of nitrogen functional groups attached to an aromatic ring is 1. The van der Waals surface area contributed by atoms with E-state index in [0.29, 0.717) is 17.8 Å². The maximum absolute atomic E-state index is 12.6. The van der Waals surface area contributed by atoms with Gasteiger partial charge in [0.1, 0.15) is 0 Å². The number of nitrogens with two attached hydrogens (primary N) is 1. The predicted octanol–water partition coefficient (Wildman–Crippen LogP) is 3.70. The van der Waals surface area contributed by atoms with Crippen LogP contribution in [0, 0.1) is 6.92 Å². The molecule has 2 aromatic rings. The van der Waals surface area contributed by atoms with E-state index in [2.05, 4.69) is 20.7 Å². The smallest absolute Gasteiger partial charge is 0.262 e. The van der Waals surface area contributed by atoms with Crippen molar-refractivity contribution in [2.24, 2.45) is 0 Å². The summed E-state index contributed by atoms with van der Waals surface area (Å²) >= 11 is 3.36. The zero-order valence-corrected chi connectivity index (χ0v) is 14.3. The highest BCUT2D eigenvalue weighted by atomic mass is 79.9. The molecule has 0 aliphatic rings. The van der Waals surface area contributed by atoms with Gasteiger partial charge in [-0.1, -0.05) is 28.9 Å². The van der Waals surface area contributed by atoms with Gasteiger partial charge in [-0.25, -0.2) is 8.42 Å². The quantitative estimate of drug-likeness (QED) is 0.808. The second-order valence-corrected chi connectivity index (χ2v) is 7.35. The van der Waals surface area contributed by atoms with Crippen molar-refractivity contribution in [3.8, 4) is 0 Å². The van der Waals surface area contributed by atoms with E-state index >= 15 is 0 Å². The van der Waals surface area contributed by atoms with Gasteiger partial charge < -0.3 is 5.73 Å². The lowest BCUT2D eigenvalue weighted by atomic mass is 10.1. The lowest BCUT2D eigenvalue weighted by Crippen LogP contribution is -2.16. The molecule has 0 bridgehead atoms. The monoisotopic (exact) mass is 368 g/mol. The average Bonchev–Trinajstić information content (AvgIpc) is 2.42. The number of nitrogens with one attached hydrogen (secondary N) is 1.